The Hall–Kier alpha value is -2.86. The first-order valence-electron chi connectivity index (χ1n) is 10.4. The predicted molar refractivity (Wildman–Crippen MR) is 125 cm³/mol. The van der Waals surface area contributed by atoms with E-state index in [0.717, 1.165) is 30.0 Å². The van der Waals surface area contributed by atoms with Crippen molar-refractivity contribution in [2.24, 2.45) is 0 Å². The summed E-state index contributed by atoms with van der Waals surface area (Å²) in [6.45, 7) is 5.51. The van der Waals surface area contributed by atoms with Crippen molar-refractivity contribution in [2.75, 3.05) is 11.9 Å². The van der Waals surface area contributed by atoms with E-state index in [0.29, 0.717) is 17.2 Å². The summed E-state index contributed by atoms with van der Waals surface area (Å²) in [4.78, 5) is 9.80. The number of alkyl halides is 2. The van der Waals surface area contributed by atoms with Crippen LogP contribution in [0.1, 0.15) is 35.2 Å². The van der Waals surface area contributed by atoms with Gasteiger partial charge in [0, 0.05) is 18.3 Å². The minimum atomic E-state index is -3.07. The van der Waals surface area contributed by atoms with Crippen molar-refractivity contribution in [1.29, 1.82) is 0 Å². The Balaban J connectivity index is 1.39. The molecular formula is C25H25F2N3S. The molecule has 2 aromatic heterocycles. The maximum atomic E-state index is 13.8. The monoisotopic (exact) mass is 437 g/mol. The second-order valence-electron chi connectivity index (χ2n) is 7.95. The molecule has 4 rings (SSSR count). The summed E-state index contributed by atoms with van der Waals surface area (Å²) >= 11 is 1.41. The Bertz CT molecular complexity index is 1180. The number of thiophene rings is 1. The van der Waals surface area contributed by atoms with E-state index in [-0.39, 0.29) is 0 Å². The van der Waals surface area contributed by atoms with Crippen LogP contribution in [-0.4, -0.2) is 16.5 Å². The molecule has 0 fully saturated rings. The molecule has 0 unspecified atom stereocenters. The lowest BCUT2D eigenvalue weighted by Gasteiger charge is -2.12. The molecule has 0 atom stereocenters. The number of hydrogen-bond acceptors (Lipinski definition) is 4. The number of aromatic nitrogens is 2. The first kappa shape index (κ1) is 21.4. The second-order valence-corrected chi connectivity index (χ2v) is 9.19. The molecule has 0 aliphatic rings. The summed E-state index contributed by atoms with van der Waals surface area (Å²) in [5.74, 6) is -3.02. The Morgan fingerprint density at radius 1 is 0.935 bits per heavy atom. The number of anilines is 1. The maximum absolute atomic E-state index is 13.8. The zero-order valence-electron chi connectivity index (χ0n) is 17.9. The van der Waals surface area contributed by atoms with Crippen LogP contribution in [0.15, 0.2) is 54.6 Å². The van der Waals surface area contributed by atoms with Gasteiger partial charge in [-0.15, -0.1) is 11.3 Å². The minimum Gasteiger partial charge on any atom is -0.369 e. The van der Waals surface area contributed by atoms with E-state index >= 15 is 0 Å². The van der Waals surface area contributed by atoms with E-state index in [4.69, 9.17) is 0 Å². The van der Waals surface area contributed by atoms with Crippen LogP contribution in [0.3, 0.4) is 0 Å². The van der Waals surface area contributed by atoms with Crippen LogP contribution >= 0.6 is 11.3 Å². The first-order chi connectivity index (χ1) is 14.8. The SMILES string of the molecule is Cc1ccc(-c2ccc(CCCNc3nc(C(C)(F)F)nc4sc(C)cc34)cc2)cc1. The molecule has 0 radical (unpaired) electrons. The molecule has 6 heteroatoms. The van der Waals surface area contributed by atoms with Crippen LogP contribution in [0.2, 0.25) is 0 Å². The quantitative estimate of drug-likeness (QED) is 0.313. The number of nitrogens with zero attached hydrogens (tertiary/aromatic N) is 2. The van der Waals surface area contributed by atoms with E-state index in [1.807, 2.05) is 13.0 Å². The number of hydrogen-bond donors (Lipinski definition) is 1. The Morgan fingerprint density at radius 3 is 2.23 bits per heavy atom. The number of nitrogens with one attached hydrogen (secondary N) is 1. The number of rotatable bonds is 7. The van der Waals surface area contributed by atoms with Gasteiger partial charge in [0.1, 0.15) is 10.6 Å². The van der Waals surface area contributed by atoms with E-state index in [1.54, 1.807) is 0 Å². The van der Waals surface area contributed by atoms with Crippen molar-refractivity contribution in [2.45, 2.75) is 39.5 Å². The summed E-state index contributed by atoms with van der Waals surface area (Å²) in [5, 5.41) is 4.05. The molecule has 1 N–H and O–H groups in total. The molecule has 0 spiro atoms. The zero-order chi connectivity index (χ0) is 22.0. The van der Waals surface area contributed by atoms with Gasteiger partial charge < -0.3 is 5.32 Å². The van der Waals surface area contributed by atoms with Gasteiger partial charge in [-0.05, 0) is 49.4 Å². The Kier molecular flexibility index (Phi) is 6.01. The lowest BCUT2D eigenvalue weighted by Crippen LogP contribution is -2.15. The summed E-state index contributed by atoms with van der Waals surface area (Å²) in [7, 11) is 0. The maximum Gasteiger partial charge on any atom is 0.303 e. The number of fused-ring (bicyclic) bond motifs is 1. The highest BCUT2D eigenvalue weighted by Gasteiger charge is 2.29. The average Bonchev–Trinajstić information content (AvgIpc) is 3.12. The largest absolute Gasteiger partial charge is 0.369 e. The molecule has 0 saturated carbocycles. The fourth-order valence-corrected chi connectivity index (χ4v) is 4.36. The van der Waals surface area contributed by atoms with Crippen molar-refractivity contribution >= 4 is 27.4 Å². The molecule has 31 heavy (non-hydrogen) atoms. The summed E-state index contributed by atoms with van der Waals surface area (Å²) in [6, 6.07) is 19.0. The van der Waals surface area contributed by atoms with Gasteiger partial charge in [0.2, 0.25) is 5.82 Å². The lowest BCUT2D eigenvalue weighted by molar-refractivity contribution is 0.00824. The molecule has 4 aromatic rings. The molecular weight excluding hydrogens is 412 g/mol. The van der Waals surface area contributed by atoms with Gasteiger partial charge in [0.15, 0.2) is 0 Å². The Labute approximate surface area is 185 Å². The van der Waals surface area contributed by atoms with E-state index in [1.165, 1.54) is 33.6 Å². The van der Waals surface area contributed by atoms with Crippen molar-refractivity contribution in [3.8, 4) is 11.1 Å². The third-order valence-electron chi connectivity index (χ3n) is 5.18. The van der Waals surface area contributed by atoms with E-state index in [2.05, 4.69) is 70.7 Å². The highest BCUT2D eigenvalue weighted by atomic mass is 32.1. The standard InChI is InChI=1S/C25H25F2N3S/c1-16-6-10-19(11-7-16)20-12-8-18(9-13-20)5-4-14-28-22-21-15-17(2)31-23(21)30-24(29-22)25(3,26)27/h6-13,15H,4-5,14H2,1-3H3,(H,28,29,30). The van der Waals surface area contributed by atoms with Gasteiger partial charge in [0.05, 0.1) is 5.39 Å². The van der Waals surface area contributed by atoms with E-state index in [9.17, 15) is 8.78 Å². The highest BCUT2D eigenvalue weighted by molar-refractivity contribution is 7.18. The van der Waals surface area contributed by atoms with Gasteiger partial charge in [-0.3, -0.25) is 0 Å². The summed E-state index contributed by atoms with van der Waals surface area (Å²) in [5.41, 5.74) is 4.91. The molecule has 160 valence electrons. The molecule has 3 nitrogen and oxygen atoms in total. The van der Waals surface area contributed by atoms with Crippen LogP contribution in [0.25, 0.3) is 21.3 Å². The third-order valence-corrected chi connectivity index (χ3v) is 6.13. The van der Waals surface area contributed by atoms with Crippen LogP contribution < -0.4 is 5.32 Å². The van der Waals surface area contributed by atoms with Gasteiger partial charge in [-0.2, -0.15) is 8.78 Å². The number of aryl methyl sites for hydroxylation is 3. The van der Waals surface area contributed by atoms with Gasteiger partial charge in [-0.25, -0.2) is 9.97 Å². The summed E-state index contributed by atoms with van der Waals surface area (Å²) < 4.78 is 27.6. The number of halogens is 2. The van der Waals surface area contributed by atoms with Gasteiger partial charge in [-0.1, -0.05) is 54.1 Å². The molecule has 0 aliphatic carbocycles. The number of benzene rings is 2. The van der Waals surface area contributed by atoms with Crippen LogP contribution in [0.5, 0.6) is 0 Å². The molecule has 2 aromatic carbocycles. The van der Waals surface area contributed by atoms with Crippen LogP contribution in [-0.2, 0) is 12.3 Å². The summed E-state index contributed by atoms with van der Waals surface area (Å²) in [6.07, 6.45) is 1.77. The second kappa shape index (κ2) is 8.71. The molecule has 0 aliphatic heterocycles. The Morgan fingerprint density at radius 2 is 1.58 bits per heavy atom. The molecule has 0 bridgehead atoms. The predicted octanol–water partition coefficient (Wildman–Crippen LogP) is 7.13. The van der Waals surface area contributed by atoms with Crippen molar-refractivity contribution < 1.29 is 8.78 Å². The topological polar surface area (TPSA) is 37.8 Å². The first-order valence-corrected chi connectivity index (χ1v) is 11.2. The minimum absolute atomic E-state index is 0.434. The van der Waals surface area contributed by atoms with Crippen LogP contribution in [0.4, 0.5) is 14.6 Å². The fourth-order valence-electron chi connectivity index (χ4n) is 3.48. The normalized spacial score (nSPS) is 11.8. The highest BCUT2D eigenvalue weighted by Crippen LogP contribution is 2.33. The third kappa shape index (κ3) is 5.07. The molecule has 0 amide bonds. The van der Waals surface area contributed by atoms with Gasteiger partial charge in [0.25, 0.3) is 0 Å². The van der Waals surface area contributed by atoms with Crippen molar-refractivity contribution in [1.82, 2.24) is 9.97 Å². The van der Waals surface area contributed by atoms with Gasteiger partial charge >= 0.3 is 5.92 Å². The lowest BCUT2D eigenvalue weighted by atomic mass is 10.0. The smallest absolute Gasteiger partial charge is 0.303 e. The van der Waals surface area contributed by atoms with Crippen LogP contribution in [0, 0.1) is 13.8 Å². The van der Waals surface area contributed by atoms with Crippen molar-refractivity contribution in [3.05, 3.63) is 76.4 Å². The van der Waals surface area contributed by atoms with Crippen molar-refractivity contribution in [3.63, 3.8) is 0 Å². The fraction of sp³-hybridized carbons (Fsp3) is 0.280. The molecule has 0 saturated heterocycles. The molecule has 2 heterocycles. The van der Waals surface area contributed by atoms with E-state index < -0.39 is 11.7 Å². The average molecular weight is 438 g/mol. The zero-order valence-corrected chi connectivity index (χ0v) is 18.7.